The number of aryl methyl sites for hydroxylation is 2. The molecule has 6 nitrogen and oxygen atoms in total. The van der Waals surface area contributed by atoms with Crippen molar-refractivity contribution >= 4 is 17.4 Å². The number of rotatable bonds is 9. The summed E-state index contributed by atoms with van der Waals surface area (Å²) in [6.45, 7) is 4.34. The Kier molecular flexibility index (Phi) is 6.40. The van der Waals surface area contributed by atoms with Crippen LogP contribution in [0, 0.1) is 0 Å². The summed E-state index contributed by atoms with van der Waals surface area (Å²) in [5, 5.41) is 11.8. The molecule has 2 aromatic rings. The van der Waals surface area contributed by atoms with Crippen molar-refractivity contribution in [1.82, 2.24) is 14.9 Å². The topological polar surface area (TPSA) is 78.7 Å². The van der Waals surface area contributed by atoms with Crippen molar-refractivity contribution in [3.63, 3.8) is 0 Å². The van der Waals surface area contributed by atoms with Gasteiger partial charge in [0.05, 0.1) is 12.2 Å². The highest BCUT2D eigenvalue weighted by Crippen LogP contribution is 2.23. The molecule has 0 saturated heterocycles. The van der Waals surface area contributed by atoms with E-state index in [1.807, 2.05) is 12.1 Å². The second-order valence-corrected chi connectivity index (χ2v) is 5.71. The zero-order chi connectivity index (χ0) is 16.7. The number of hydrogen-bond donors (Lipinski definition) is 3. The molecule has 1 amide bonds. The fourth-order valence-corrected chi connectivity index (χ4v) is 2.76. The number of fused-ring (bicyclic) bond motifs is 1. The first-order valence-corrected chi connectivity index (χ1v) is 8.37. The number of imidazole rings is 1. The van der Waals surface area contributed by atoms with Gasteiger partial charge >= 0.3 is 0 Å². The summed E-state index contributed by atoms with van der Waals surface area (Å²) in [5.74, 6) is 0.399. The zero-order valence-corrected chi connectivity index (χ0v) is 13.9. The Morgan fingerprint density at radius 2 is 2.04 bits per heavy atom. The monoisotopic (exact) mass is 318 g/mol. The molecule has 0 aliphatic carbocycles. The van der Waals surface area contributed by atoms with E-state index in [0.717, 1.165) is 55.7 Å². The van der Waals surface area contributed by atoms with Gasteiger partial charge in [0.1, 0.15) is 11.5 Å². The van der Waals surface area contributed by atoms with Gasteiger partial charge in [-0.1, -0.05) is 39.2 Å². The summed E-state index contributed by atoms with van der Waals surface area (Å²) in [4.78, 5) is 16.1. The Labute approximate surface area is 136 Å². The Hall–Kier alpha value is -2.08. The lowest BCUT2D eigenvalue weighted by Crippen LogP contribution is -2.27. The van der Waals surface area contributed by atoms with E-state index in [2.05, 4.69) is 29.6 Å². The van der Waals surface area contributed by atoms with E-state index >= 15 is 0 Å². The number of hydroxylamine groups is 1. The normalized spacial score (nSPS) is 10.9. The largest absolute Gasteiger partial charge is 0.360 e. The summed E-state index contributed by atoms with van der Waals surface area (Å²) in [7, 11) is 0. The zero-order valence-electron chi connectivity index (χ0n) is 13.9. The number of nitrogens with zero attached hydrogens (tertiary/aromatic N) is 2. The quantitative estimate of drug-likeness (QED) is 0.377. The number of carbonyl (C=O) groups is 1. The highest BCUT2D eigenvalue weighted by molar-refractivity contribution is 5.79. The molecule has 2 aromatic heterocycles. The van der Waals surface area contributed by atoms with Crippen LogP contribution >= 0.6 is 0 Å². The molecule has 6 heteroatoms. The highest BCUT2D eigenvalue weighted by atomic mass is 16.5. The van der Waals surface area contributed by atoms with Gasteiger partial charge in [0.15, 0.2) is 0 Å². The standard InChI is InChI=1S/C17H26N4O2/c1-3-5-6-10-14-17(18-12-16(22)20-23)21-13(8-4-2)9-7-11-15(21)19-14/h7,9,11,18,23H,3-6,8,10,12H2,1-2H3,(H,20,22). The first kappa shape index (κ1) is 17.3. The van der Waals surface area contributed by atoms with Crippen LogP contribution in [0.25, 0.3) is 5.65 Å². The van der Waals surface area contributed by atoms with E-state index in [4.69, 9.17) is 10.2 Å². The summed E-state index contributed by atoms with van der Waals surface area (Å²) in [5.41, 5.74) is 4.71. The maximum atomic E-state index is 11.4. The van der Waals surface area contributed by atoms with Crippen molar-refractivity contribution in [2.75, 3.05) is 11.9 Å². The lowest BCUT2D eigenvalue weighted by Gasteiger charge is -2.11. The number of carbonyl (C=O) groups excluding carboxylic acids is 1. The molecular formula is C17H26N4O2. The predicted molar refractivity (Wildman–Crippen MR) is 90.8 cm³/mol. The molecule has 0 bridgehead atoms. The minimum absolute atomic E-state index is 0.0194. The Morgan fingerprint density at radius 1 is 1.22 bits per heavy atom. The van der Waals surface area contributed by atoms with E-state index in [0.29, 0.717) is 0 Å². The second-order valence-electron chi connectivity index (χ2n) is 5.71. The third kappa shape index (κ3) is 4.22. The van der Waals surface area contributed by atoms with Crippen LogP contribution in [0.1, 0.15) is 50.9 Å². The van der Waals surface area contributed by atoms with Crippen molar-refractivity contribution in [2.45, 2.75) is 52.4 Å². The van der Waals surface area contributed by atoms with Gasteiger partial charge < -0.3 is 5.32 Å². The highest BCUT2D eigenvalue weighted by Gasteiger charge is 2.15. The molecule has 0 atom stereocenters. The van der Waals surface area contributed by atoms with Crippen LogP contribution in [-0.4, -0.2) is 27.0 Å². The van der Waals surface area contributed by atoms with Crippen molar-refractivity contribution in [3.05, 3.63) is 29.6 Å². The SMILES string of the molecule is CCCCCc1nc2cccc(CCC)n2c1NCC(=O)NO. The smallest absolute Gasteiger partial charge is 0.262 e. The molecule has 0 aliphatic heterocycles. The maximum absolute atomic E-state index is 11.4. The number of amides is 1. The predicted octanol–water partition coefficient (Wildman–Crippen LogP) is 2.94. The molecule has 0 aromatic carbocycles. The molecule has 23 heavy (non-hydrogen) atoms. The summed E-state index contributed by atoms with van der Waals surface area (Å²) < 4.78 is 2.09. The molecule has 0 saturated carbocycles. The van der Waals surface area contributed by atoms with Gasteiger partial charge in [-0.2, -0.15) is 0 Å². The van der Waals surface area contributed by atoms with Crippen LogP contribution in [-0.2, 0) is 17.6 Å². The van der Waals surface area contributed by atoms with E-state index in [-0.39, 0.29) is 6.54 Å². The lowest BCUT2D eigenvalue weighted by atomic mass is 10.1. The number of unbranched alkanes of at least 4 members (excludes halogenated alkanes) is 2. The molecule has 0 aliphatic rings. The van der Waals surface area contributed by atoms with Crippen molar-refractivity contribution in [2.24, 2.45) is 0 Å². The van der Waals surface area contributed by atoms with E-state index in [9.17, 15) is 4.79 Å². The van der Waals surface area contributed by atoms with Gasteiger partial charge in [-0.25, -0.2) is 10.5 Å². The van der Waals surface area contributed by atoms with Gasteiger partial charge in [0, 0.05) is 5.69 Å². The third-order valence-corrected chi connectivity index (χ3v) is 3.86. The molecule has 2 heterocycles. The molecular weight excluding hydrogens is 292 g/mol. The third-order valence-electron chi connectivity index (χ3n) is 3.86. The van der Waals surface area contributed by atoms with Gasteiger partial charge in [-0.05, 0) is 31.4 Å². The fourth-order valence-electron chi connectivity index (χ4n) is 2.76. The van der Waals surface area contributed by atoms with Crippen LogP contribution in [0.2, 0.25) is 0 Å². The number of hydrogen-bond acceptors (Lipinski definition) is 4. The summed E-state index contributed by atoms with van der Waals surface area (Å²) >= 11 is 0. The van der Waals surface area contributed by atoms with Crippen molar-refractivity contribution in [3.8, 4) is 0 Å². The van der Waals surface area contributed by atoms with Crippen LogP contribution in [0.4, 0.5) is 5.82 Å². The summed E-state index contributed by atoms with van der Waals surface area (Å²) in [6.07, 6.45) is 6.26. The minimum Gasteiger partial charge on any atom is -0.360 e. The number of pyridine rings is 1. The van der Waals surface area contributed by atoms with Crippen molar-refractivity contribution < 1.29 is 10.0 Å². The fraction of sp³-hybridized carbons (Fsp3) is 0.529. The Bertz CT molecular complexity index is 651. The van der Waals surface area contributed by atoms with E-state index < -0.39 is 5.91 Å². The second kappa shape index (κ2) is 8.53. The Balaban J connectivity index is 2.37. The molecule has 126 valence electrons. The average molecular weight is 318 g/mol. The lowest BCUT2D eigenvalue weighted by molar-refractivity contribution is -0.127. The first-order valence-electron chi connectivity index (χ1n) is 8.37. The van der Waals surface area contributed by atoms with Gasteiger partial charge in [0.2, 0.25) is 0 Å². The van der Waals surface area contributed by atoms with Crippen LogP contribution < -0.4 is 10.8 Å². The van der Waals surface area contributed by atoms with Gasteiger partial charge in [0.25, 0.3) is 5.91 Å². The van der Waals surface area contributed by atoms with Crippen LogP contribution in [0.15, 0.2) is 18.2 Å². The first-order chi connectivity index (χ1) is 11.2. The van der Waals surface area contributed by atoms with Gasteiger partial charge in [-0.3, -0.25) is 14.4 Å². The molecule has 0 radical (unpaired) electrons. The summed E-state index contributed by atoms with van der Waals surface area (Å²) in [6, 6.07) is 6.10. The number of anilines is 1. The molecule has 3 N–H and O–H groups in total. The molecule has 0 fully saturated rings. The Morgan fingerprint density at radius 3 is 2.74 bits per heavy atom. The van der Waals surface area contributed by atoms with Crippen LogP contribution in [0.3, 0.4) is 0 Å². The molecule has 2 rings (SSSR count). The molecule has 0 unspecified atom stereocenters. The minimum atomic E-state index is -0.465. The number of nitrogens with one attached hydrogen (secondary N) is 2. The van der Waals surface area contributed by atoms with Gasteiger partial charge in [-0.15, -0.1) is 0 Å². The van der Waals surface area contributed by atoms with Crippen molar-refractivity contribution in [1.29, 1.82) is 0 Å². The van der Waals surface area contributed by atoms with Crippen LogP contribution in [0.5, 0.6) is 0 Å². The van der Waals surface area contributed by atoms with E-state index in [1.54, 1.807) is 5.48 Å². The maximum Gasteiger partial charge on any atom is 0.262 e. The van der Waals surface area contributed by atoms with E-state index in [1.165, 1.54) is 5.69 Å². The average Bonchev–Trinajstić information content (AvgIpc) is 2.91. The number of aromatic nitrogens is 2. The molecule has 0 spiro atoms.